The predicted molar refractivity (Wildman–Crippen MR) is 73.7 cm³/mol. The third-order valence-electron chi connectivity index (χ3n) is 2.92. The molecule has 0 fully saturated rings. The number of hydrogen-bond donors (Lipinski definition) is 0. The molecule has 0 aliphatic heterocycles. The highest BCUT2D eigenvalue weighted by atomic mass is 32.2. The number of thioether (sulfide) groups is 1. The van der Waals surface area contributed by atoms with Gasteiger partial charge in [-0.3, -0.25) is 0 Å². The van der Waals surface area contributed by atoms with Gasteiger partial charge >= 0.3 is 0 Å². The van der Waals surface area contributed by atoms with Gasteiger partial charge in [0.25, 0.3) is 0 Å². The van der Waals surface area contributed by atoms with Gasteiger partial charge in [-0.05, 0) is 54.8 Å². The number of rotatable bonds is 2. The van der Waals surface area contributed by atoms with E-state index in [1.54, 1.807) is 0 Å². The minimum absolute atomic E-state index is 1.13. The summed E-state index contributed by atoms with van der Waals surface area (Å²) in [5.41, 5.74) is 6.96. The van der Waals surface area contributed by atoms with E-state index in [0.717, 1.165) is 5.75 Å². The first-order valence-corrected chi connectivity index (χ1v) is 6.75. The quantitative estimate of drug-likeness (QED) is 0.666. The first kappa shape index (κ1) is 11.5. The lowest BCUT2D eigenvalue weighted by Gasteiger charge is -2.04. The van der Waals surface area contributed by atoms with Gasteiger partial charge in [0.05, 0.1) is 0 Å². The van der Waals surface area contributed by atoms with Crippen molar-refractivity contribution >= 4 is 11.8 Å². The summed E-state index contributed by atoms with van der Waals surface area (Å²) >= 11 is 1.94. The van der Waals surface area contributed by atoms with Crippen LogP contribution in [0, 0.1) is 20.8 Å². The van der Waals surface area contributed by atoms with Gasteiger partial charge in [0.15, 0.2) is 0 Å². The molecule has 16 heavy (non-hydrogen) atoms. The predicted octanol–water partition coefficient (Wildman–Crippen LogP) is 4.83. The van der Waals surface area contributed by atoms with Gasteiger partial charge in [-0.2, -0.15) is 0 Å². The maximum absolute atomic E-state index is 2.29. The normalized spacial score (nSPS) is 11.0. The van der Waals surface area contributed by atoms with Crippen LogP contribution in [0.25, 0.3) is 11.1 Å². The van der Waals surface area contributed by atoms with Crippen molar-refractivity contribution in [2.45, 2.75) is 32.6 Å². The molecule has 0 aromatic rings. The molecule has 0 aromatic heterocycles. The summed E-state index contributed by atoms with van der Waals surface area (Å²) in [6.07, 6.45) is 0. The molecule has 0 saturated heterocycles. The average molecular weight is 230 g/mol. The fraction of sp³-hybridized carbons (Fsp3) is 0.333. The maximum atomic E-state index is 2.29. The van der Waals surface area contributed by atoms with E-state index < -0.39 is 0 Å². The highest BCUT2D eigenvalue weighted by Gasteiger charge is 2.13. The minimum atomic E-state index is 1.13. The lowest BCUT2D eigenvalue weighted by Crippen LogP contribution is -1.80. The van der Waals surface area contributed by atoms with Gasteiger partial charge in [-0.25, -0.2) is 0 Å². The first-order valence-electron chi connectivity index (χ1n) is 5.77. The Hall–Kier alpha value is -0.950. The molecule has 0 atom stereocenters. The van der Waals surface area contributed by atoms with Gasteiger partial charge < -0.3 is 0 Å². The molecule has 84 valence electrons. The van der Waals surface area contributed by atoms with Crippen LogP contribution in [0.1, 0.15) is 23.6 Å². The van der Waals surface area contributed by atoms with Crippen molar-refractivity contribution in [1.29, 1.82) is 0 Å². The maximum Gasteiger partial charge on any atom is 0.0153 e. The fourth-order valence-electron chi connectivity index (χ4n) is 2.34. The molecule has 0 bridgehead atoms. The fourth-order valence-corrected chi connectivity index (χ4v) is 3.23. The van der Waals surface area contributed by atoms with Crippen LogP contribution in [0.5, 0.6) is 0 Å². The molecule has 0 N–H and O–H groups in total. The Labute approximate surface area is 102 Å². The van der Waals surface area contributed by atoms with Gasteiger partial charge in [0, 0.05) is 4.90 Å². The summed E-state index contributed by atoms with van der Waals surface area (Å²) in [5, 5.41) is 0. The van der Waals surface area contributed by atoms with Crippen LogP contribution in [-0.4, -0.2) is 5.75 Å². The van der Waals surface area contributed by atoms with Crippen molar-refractivity contribution < 1.29 is 0 Å². The Bertz CT molecular complexity index is 486. The number of fused-ring (bicyclic) bond motifs is 1. The Morgan fingerprint density at radius 1 is 1.00 bits per heavy atom. The molecule has 0 radical (unpaired) electrons. The van der Waals surface area contributed by atoms with E-state index in [2.05, 4.69) is 52.0 Å². The third-order valence-corrected chi connectivity index (χ3v) is 3.86. The minimum Gasteiger partial charge on any atom is -0.126 e. The van der Waals surface area contributed by atoms with Crippen molar-refractivity contribution in [3.63, 3.8) is 0 Å². The summed E-state index contributed by atoms with van der Waals surface area (Å²) in [6.45, 7) is 8.80. The smallest absolute Gasteiger partial charge is 0.0153 e. The molecule has 0 amide bonds. The SMILES string of the molecule is CCSc1ccc2c(C)cc(C)cc(C)c1-2. The molecule has 2 rings (SSSR count). The number of hydrogen-bond acceptors (Lipinski definition) is 1. The van der Waals surface area contributed by atoms with Crippen LogP contribution < -0.4 is 0 Å². The highest BCUT2D eigenvalue weighted by Crippen LogP contribution is 2.38. The van der Waals surface area contributed by atoms with Crippen LogP contribution in [-0.2, 0) is 0 Å². The monoisotopic (exact) mass is 230 g/mol. The molecule has 0 heterocycles. The summed E-state index contributed by atoms with van der Waals surface area (Å²) in [6, 6.07) is 9.08. The van der Waals surface area contributed by atoms with E-state index >= 15 is 0 Å². The second-order valence-corrected chi connectivity index (χ2v) is 5.62. The van der Waals surface area contributed by atoms with Crippen LogP contribution >= 0.6 is 11.8 Å². The molecular weight excluding hydrogens is 212 g/mol. The Morgan fingerprint density at radius 2 is 1.69 bits per heavy atom. The summed E-state index contributed by atoms with van der Waals surface area (Å²) < 4.78 is 0. The van der Waals surface area contributed by atoms with Crippen molar-refractivity contribution in [1.82, 2.24) is 0 Å². The molecule has 0 saturated carbocycles. The zero-order valence-electron chi connectivity index (χ0n) is 10.4. The Kier molecular flexibility index (Phi) is 3.25. The largest absolute Gasteiger partial charge is 0.126 e. The summed E-state index contributed by atoms with van der Waals surface area (Å²) in [4.78, 5) is 1.42. The Balaban J connectivity index is 2.70. The molecule has 2 aliphatic rings. The van der Waals surface area contributed by atoms with Crippen molar-refractivity contribution in [2.75, 3.05) is 5.75 Å². The second kappa shape index (κ2) is 4.50. The Morgan fingerprint density at radius 3 is 2.38 bits per heavy atom. The first-order chi connectivity index (χ1) is 7.63. The van der Waals surface area contributed by atoms with Crippen molar-refractivity contribution in [3.05, 3.63) is 41.0 Å². The van der Waals surface area contributed by atoms with E-state index in [9.17, 15) is 0 Å². The molecular formula is C15H18S. The lowest BCUT2D eigenvalue weighted by atomic mass is 10.1. The zero-order chi connectivity index (χ0) is 11.7. The molecule has 1 heteroatoms. The topological polar surface area (TPSA) is 0 Å². The van der Waals surface area contributed by atoms with Crippen LogP contribution in [0.3, 0.4) is 0 Å². The molecule has 2 aliphatic carbocycles. The van der Waals surface area contributed by atoms with Crippen LogP contribution in [0.15, 0.2) is 29.2 Å². The van der Waals surface area contributed by atoms with E-state index in [-0.39, 0.29) is 0 Å². The summed E-state index contributed by atoms with van der Waals surface area (Å²) in [7, 11) is 0. The highest BCUT2D eigenvalue weighted by molar-refractivity contribution is 7.99. The van der Waals surface area contributed by atoms with E-state index in [4.69, 9.17) is 0 Å². The number of aryl methyl sites for hydroxylation is 3. The average Bonchev–Trinajstić information content (AvgIpc) is 2.57. The molecule has 0 nitrogen and oxygen atoms in total. The zero-order valence-corrected chi connectivity index (χ0v) is 11.2. The lowest BCUT2D eigenvalue weighted by molar-refractivity contribution is 1.40. The molecule has 0 unspecified atom stereocenters. The van der Waals surface area contributed by atoms with Gasteiger partial charge in [0.2, 0.25) is 0 Å². The van der Waals surface area contributed by atoms with Crippen molar-refractivity contribution in [3.8, 4) is 11.1 Å². The third kappa shape index (κ3) is 1.97. The second-order valence-electron chi connectivity index (χ2n) is 4.32. The van der Waals surface area contributed by atoms with E-state index in [1.807, 2.05) is 11.8 Å². The summed E-state index contributed by atoms with van der Waals surface area (Å²) in [5.74, 6) is 1.13. The van der Waals surface area contributed by atoms with Gasteiger partial charge in [-0.1, -0.05) is 30.7 Å². The van der Waals surface area contributed by atoms with Crippen LogP contribution in [0.2, 0.25) is 0 Å². The molecule has 0 spiro atoms. The molecule has 0 aromatic carbocycles. The standard InChI is InChI=1S/C15H18S/c1-5-16-14-7-6-13-11(3)8-10(2)9-12(4)15(13)14/h6-9H,5H2,1-4H3. The van der Waals surface area contributed by atoms with Gasteiger partial charge in [0.1, 0.15) is 0 Å². The van der Waals surface area contributed by atoms with Gasteiger partial charge in [-0.15, -0.1) is 11.8 Å². The van der Waals surface area contributed by atoms with E-state index in [1.165, 1.54) is 32.7 Å². The van der Waals surface area contributed by atoms with E-state index in [0.29, 0.717) is 0 Å². The van der Waals surface area contributed by atoms with Crippen molar-refractivity contribution in [2.24, 2.45) is 0 Å². The van der Waals surface area contributed by atoms with Crippen LogP contribution in [0.4, 0.5) is 0 Å².